The van der Waals surface area contributed by atoms with Crippen LogP contribution in [0.25, 0.3) is 0 Å². The third-order valence-electron chi connectivity index (χ3n) is 4.93. The average molecular weight is 382 g/mol. The molecule has 1 aromatic carbocycles. The highest BCUT2D eigenvalue weighted by atomic mass is 32.2. The van der Waals surface area contributed by atoms with E-state index in [1.54, 1.807) is 16.3 Å². The maximum Gasteiger partial charge on any atom is 0.333 e. The summed E-state index contributed by atoms with van der Waals surface area (Å²) in [6.07, 6.45) is 12.4. The molecule has 0 atom stereocenters. The number of primary amides is 1. The first kappa shape index (κ1) is 17.9. The van der Waals surface area contributed by atoms with Crippen LogP contribution in [0.15, 0.2) is 57.7 Å². The number of hydrogen-bond acceptors (Lipinski definition) is 4. The maximum atomic E-state index is 11.2. The molecule has 0 spiro atoms. The smallest absolute Gasteiger partial charge is 0.333 e. The van der Waals surface area contributed by atoms with Crippen molar-refractivity contribution in [2.24, 2.45) is 15.7 Å². The van der Waals surface area contributed by atoms with E-state index in [2.05, 4.69) is 30.5 Å². The van der Waals surface area contributed by atoms with Crippen molar-refractivity contribution in [2.45, 2.75) is 43.2 Å². The van der Waals surface area contributed by atoms with Gasteiger partial charge in [0.25, 0.3) is 5.91 Å². The second-order valence-electron chi connectivity index (χ2n) is 6.87. The van der Waals surface area contributed by atoms with Crippen molar-refractivity contribution >= 4 is 35.0 Å². The Balaban J connectivity index is 1.76. The zero-order valence-corrected chi connectivity index (χ0v) is 16.2. The number of nitrogens with zero attached hydrogens (tertiary/aromatic N) is 4. The number of carbonyl (C=O) groups is 1. The third-order valence-corrected chi connectivity index (χ3v) is 5.68. The van der Waals surface area contributed by atoms with Crippen molar-refractivity contribution in [1.29, 1.82) is 0 Å². The van der Waals surface area contributed by atoms with Crippen LogP contribution in [0.3, 0.4) is 0 Å². The Kier molecular flexibility index (Phi) is 5.03. The summed E-state index contributed by atoms with van der Waals surface area (Å²) in [5, 5.41) is 0. The van der Waals surface area contributed by atoms with E-state index in [4.69, 9.17) is 15.7 Å². The molecule has 2 aromatic rings. The lowest BCUT2D eigenvalue weighted by molar-refractivity contribution is -0.701. The number of benzene rings is 1. The number of rotatable bonds is 5. The summed E-state index contributed by atoms with van der Waals surface area (Å²) in [7, 11) is 0. The fraction of sp³-hybridized carbons (Fsp3) is 0.350. The Morgan fingerprint density at radius 3 is 2.67 bits per heavy atom. The number of nitrogens with two attached hydrogens (primary N) is 1. The number of thioether (sulfide) groups is 1. The first-order valence-electron chi connectivity index (χ1n) is 9.19. The molecule has 0 unspecified atom stereocenters. The van der Waals surface area contributed by atoms with E-state index in [1.165, 1.54) is 17.7 Å². The van der Waals surface area contributed by atoms with Crippen LogP contribution in [-0.4, -0.2) is 29.8 Å². The van der Waals surface area contributed by atoms with Gasteiger partial charge >= 0.3 is 11.7 Å². The van der Waals surface area contributed by atoms with Crippen LogP contribution < -0.4 is 14.9 Å². The van der Waals surface area contributed by atoms with E-state index in [0.717, 1.165) is 35.8 Å². The fourth-order valence-electron chi connectivity index (χ4n) is 3.57. The van der Waals surface area contributed by atoms with Crippen molar-refractivity contribution < 1.29 is 13.9 Å². The molecule has 1 aromatic heterocycles. The molecule has 1 saturated carbocycles. The van der Waals surface area contributed by atoms with Gasteiger partial charge in [0.2, 0.25) is 24.7 Å². The van der Waals surface area contributed by atoms with E-state index in [0.29, 0.717) is 6.04 Å². The lowest BCUT2D eigenvalue weighted by atomic mass is 10.1. The minimum atomic E-state index is -0.375. The standard InChI is InChI=1S/C20H22N5OS/c1-27-16-8-6-14(7-9-16)19-20(22-15-4-2-3-5-15)25-11-10-24(12-17(21)26)13-18(25)23-19/h6-11,13,15H,2-5,12H2,1H3,(H-,21,26)/q+1/p+1. The second-order valence-corrected chi connectivity index (χ2v) is 7.75. The topological polar surface area (TPSA) is 75.6 Å². The molecule has 1 amide bonds. The summed E-state index contributed by atoms with van der Waals surface area (Å²) < 4.78 is 3.76. The zero-order chi connectivity index (χ0) is 18.8. The summed E-state index contributed by atoms with van der Waals surface area (Å²) >= 11 is 1.72. The highest BCUT2D eigenvalue weighted by Crippen LogP contribution is 2.24. The molecule has 1 aliphatic heterocycles. The minimum Gasteiger partial charge on any atom is -0.364 e. The number of aromatic nitrogens is 2. The maximum absolute atomic E-state index is 11.2. The van der Waals surface area contributed by atoms with Crippen LogP contribution in [0.4, 0.5) is 5.82 Å². The molecule has 2 heterocycles. The zero-order valence-electron chi connectivity index (χ0n) is 15.3. The minimum absolute atomic E-state index is 0.135. The normalized spacial score (nSPS) is 18.0. The Labute approximate surface area is 162 Å². The molecular formula is C20H23N5OS+2. The molecule has 27 heavy (non-hydrogen) atoms. The van der Waals surface area contributed by atoms with Crippen LogP contribution in [0, 0.1) is 0 Å². The van der Waals surface area contributed by atoms with Gasteiger partial charge in [0.05, 0.1) is 0 Å². The summed E-state index contributed by atoms with van der Waals surface area (Å²) in [6, 6.07) is 8.76. The largest absolute Gasteiger partial charge is 0.364 e. The second kappa shape index (κ2) is 7.60. The van der Waals surface area contributed by atoms with E-state index in [9.17, 15) is 4.79 Å². The predicted molar refractivity (Wildman–Crippen MR) is 106 cm³/mol. The quantitative estimate of drug-likeness (QED) is 0.633. The van der Waals surface area contributed by atoms with Gasteiger partial charge < -0.3 is 5.73 Å². The molecule has 138 valence electrons. The lowest BCUT2D eigenvalue weighted by Crippen LogP contribution is -2.49. The first-order chi connectivity index (χ1) is 13.1. The molecule has 6 nitrogen and oxygen atoms in total. The van der Waals surface area contributed by atoms with Crippen LogP contribution in [0.1, 0.15) is 31.2 Å². The van der Waals surface area contributed by atoms with Crippen LogP contribution >= 0.6 is 11.8 Å². The predicted octanol–water partition coefficient (Wildman–Crippen LogP) is 1.79. The molecule has 2 aliphatic rings. The van der Waals surface area contributed by atoms with Crippen LogP contribution in [0.5, 0.6) is 0 Å². The van der Waals surface area contributed by atoms with Crippen molar-refractivity contribution in [2.75, 3.05) is 6.26 Å². The highest BCUT2D eigenvalue weighted by molar-refractivity contribution is 7.98. The van der Waals surface area contributed by atoms with Crippen molar-refractivity contribution in [3.8, 4) is 0 Å². The number of carbonyl (C=O) groups excluding carboxylic acids is 1. The molecule has 0 saturated heterocycles. The molecule has 0 radical (unpaired) electrons. The SMILES string of the molecule is CSc1ccc(C2=Nc3c[n+](CC(N)=O)cc[n+]3C2=NC2CCCC2)cc1. The third kappa shape index (κ3) is 3.78. The van der Waals surface area contributed by atoms with Crippen LogP contribution in [-0.2, 0) is 11.3 Å². The van der Waals surface area contributed by atoms with Gasteiger partial charge in [-0.2, -0.15) is 9.13 Å². The molecule has 0 bridgehead atoms. The van der Waals surface area contributed by atoms with Gasteiger partial charge in [-0.3, -0.25) is 4.79 Å². The summed E-state index contributed by atoms with van der Waals surface area (Å²) in [5.74, 6) is 1.28. The van der Waals surface area contributed by atoms with E-state index in [1.807, 2.05) is 23.2 Å². The Bertz CT molecular complexity index is 930. The molecular weight excluding hydrogens is 358 g/mol. The lowest BCUT2D eigenvalue weighted by Gasteiger charge is -2.03. The van der Waals surface area contributed by atoms with Gasteiger partial charge in [-0.25, -0.2) is 0 Å². The number of hydrogen-bond donors (Lipinski definition) is 1. The number of aliphatic imine (C=N–C) groups is 2. The highest BCUT2D eigenvalue weighted by Gasteiger charge is 2.36. The molecule has 1 aliphatic carbocycles. The summed E-state index contributed by atoms with van der Waals surface area (Å²) in [4.78, 5) is 22.3. The van der Waals surface area contributed by atoms with Gasteiger partial charge in [0, 0.05) is 10.5 Å². The number of fused-ring (bicyclic) bond motifs is 1. The van der Waals surface area contributed by atoms with Gasteiger partial charge in [-0.15, -0.1) is 16.8 Å². The Hall–Kier alpha value is -2.54. The van der Waals surface area contributed by atoms with Crippen molar-refractivity contribution in [3.05, 3.63) is 48.4 Å². The van der Waals surface area contributed by atoms with Gasteiger partial charge in [-0.05, 0) is 56.2 Å². The van der Waals surface area contributed by atoms with Gasteiger partial charge in [0.1, 0.15) is 12.2 Å². The Morgan fingerprint density at radius 1 is 1.26 bits per heavy atom. The van der Waals surface area contributed by atoms with Gasteiger partial charge in [-0.1, -0.05) is 4.99 Å². The van der Waals surface area contributed by atoms with Crippen molar-refractivity contribution in [1.82, 2.24) is 0 Å². The van der Waals surface area contributed by atoms with E-state index < -0.39 is 0 Å². The monoisotopic (exact) mass is 381 g/mol. The van der Waals surface area contributed by atoms with E-state index >= 15 is 0 Å². The average Bonchev–Trinajstić information content (AvgIpc) is 3.30. The van der Waals surface area contributed by atoms with Gasteiger partial charge in [0.15, 0.2) is 0 Å². The summed E-state index contributed by atoms with van der Waals surface area (Å²) in [6.45, 7) is 0.135. The molecule has 2 N–H and O–H groups in total. The fourth-order valence-corrected chi connectivity index (χ4v) is 3.98. The molecule has 7 heteroatoms. The molecule has 4 rings (SSSR count). The number of amides is 1. The Morgan fingerprint density at radius 2 is 2.00 bits per heavy atom. The van der Waals surface area contributed by atoms with Crippen LogP contribution in [0.2, 0.25) is 0 Å². The summed E-state index contributed by atoms with van der Waals surface area (Å²) in [5.41, 5.74) is 7.25. The van der Waals surface area contributed by atoms with Crippen molar-refractivity contribution in [3.63, 3.8) is 0 Å². The first-order valence-corrected chi connectivity index (χ1v) is 10.4. The molecule has 1 fully saturated rings. The van der Waals surface area contributed by atoms with E-state index in [-0.39, 0.29) is 12.5 Å².